The third-order valence-corrected chi connectivity index (χ3v) is 6.14. The van der Waals surface area contributed by atoms with Crippen molar-refractivity contribution in [3.8, 4) is 0 Å². The summed E-state index contributed by atoms with van der Waals surface area (Å²) in [5, 5.41) is 5.54. The standard InChI is InChI=1S/C18H10S2/c1-3-7-15-11(5-1)13-9-14-12-6-2-4-8-16(12)20-18(14)10-17(13)19-15/h1-10H. The molecule has 0 radical (unpaired) electrons. The molecule has 94 valence electrons. The summed E-state index contributed by atoms with van der Waals surface area (Å²) < 4.78 is 5.55. The van der Waals surface area contributed by atoms with Gasteiger partial charge in [0.15, 0.2) is 0 Å². The molecule has 5 aromatic rings. The first kappa shape index (κ1) is 10.8. The lowest BCUT2D eigenvalue weighted by Crippen LogP contribution is -1.68. The van der Waals surface area contributed by atoms with Gasteiger partial charge in [0.2, 0.25) is 0 Å². The number of hydrogen-bond acceptors (Lipinski definition) is 2. The molecule has 20 heavy (non-hydrogen) atoms. The van der Waals surface area contributed by atoms with Crippen molar-refractivity contribution in [1.82, 2.24) is 0 Å². The van der Waals surface area contributed by atoms with Gasteiger partial charge in [-0.2, -0.15) is 0 Å². The maximum atomic E-state index is 2.38. The van der Waals surface area contributed by atoms with E-state index in [0.717, 1.165) is 0 Å². The zero-order valence-electron chi connectivity index (χ0n) is 10.6. The first-order chi connectivity index (χ1) is 9.90. The molecule has 0 N–H and O–H groups in total. The van der Waals surface area contributed by atoms with Gasteiger partial charge in [-0.05, 0) is 24.3 Å². The monoisotopic (exact) mass is 290 g/mol. The summed E-state index contributed by atoms with van der Waals surface area (Å²) in [5.74, 6) is 0. The zero-order chi connectivity index (χ0) is 13.1. The van der Waals surface area contributed by atoms with E-state index in [1.165, 1.54) is 40.3 Å². The van der Waals surface area contributed by atoms with Crippen molar-refractivity contribution in [2.75, 3.05) is 0 Å². The molecular weight excluding hydrogens is 280 g/mol. The minimum atomic E-state index is 1.38. The van der Waals surface area contributed by atoms with Crippen LogP contribution in [0.25, 0.3) is 40.3 Å². The Morgan fingerprint density at radius 3 is 1.50 bits per heavy atom. The molecule has 0 nitrogen and oxygen atoms in total. The van der Waals surface area contributed by atoms with Crippen LogP contribution < -0.4 is 0 Å². The molecule has 0 saturated carbocycles. The van der Waals surface area contributed by atoms with Gasteiger partial charge >= 0.3 is 0 Å². The van der Waals surface area contributed by atoms with E-state index in [0.29, 0.717) is 0 Å². The van der Waals surface area contributed by atoms with Crippen molar-refractivity contribution < 1.29 is 0 Å². The molecule has 3 aromatic carbocycles. The topological polar surface area (TPSA) is 0 Å². The van der Waals surface area contributed by atoms with E-state index in [1.54, 1.807) is 0 Å². The van der Waals surface area contributed by atoms with Crippen LogP contribution in [0.15, 0.2) is 60.7 Å². The van der Waals surface area contributed by atoms with Crippen molar-refractivity contribution in [3.63, 3.8) is 0 Å². The number of hydrogen-bond donors (Lipinski definition) is 0. The van der Waals surface area contributed by atoms with Crippen LogP contribution >= 0.6 is 22.7 Å². The molecule has 0 atom stereocenters. The van der Waals surface area contributed by atoms with Gasteiger partial charge in [0.05, 0.1) is 0 Å². The predicted molar refractivity (Wildman–Crippen MR) is 92.2 cm³/mol. The second kappa shape index (κ2) is 3.81. The molecule has 0 aliphatic rings. The lowest BCUT2D eigenvalue weighted by Gasteiger charge is -1.94. The minimum Gasteiger partial charge on any atom is -0.135 e. The Morgan fingerprint density at radius 2 is 0.950 bits per heavy atom. The van der Waals surface area contributed by atoms with Crippen LogP contribution in [0.1, 0.15) is 0 Å². The highest BCUT2D eigenvalue weighted by molar-refractivity contribution is 7.28. The van der Waals surface area contributed by atoms with E-state index in [4.69, 9.17) is 0 Å². The Hall–Kier alpha value is -1.90. The summed E-state index contributed by atoms with van der Waals surface area (Å²) in [4.78, 5) is 0. The van der Waals surface area contributed by atoms with Crippen LogP contribution in [-0.2, 0) is 0 Å². The van der Waals surface area contributed by atoms with Crippen molar-refractivity contribution in [2.24, 2.45) is 0 Å². The molecule has 0 bridgehead atoms. The third kappa shape index (κ3) is 1.35. The van der Waals surface area contributed by atoms with Crippen molar-refractivity contribution in [2.45, 2.75) is 0 Å². The van der Waals surface area contributed by atoms with Crippen molar-refractivity contribution in [3.05, 3.63) is 60.7 Å². The number of rotatable bonds is 0. The molecule has 2 heterocycles. The highest BCUT2D eigenvalue weighted by Crippen LogP contribution is 2.41. The van der Waals surface area contributed by atoms with E-state index in [-0.39, 0.29) is 0 Å². The van der Waals surface area contributed by atoms with Crippen molar-refractivity contribution >= 4 is 63.0 Å². The molecule has 0 aliphatic heterocycles. The fraction of sp³-hybridized carbons (Fsp3) is 0. The lowest BCUT2D eigenvalue weighted by atomic mass is 10.1. The summed E-state index contributed by atoms with van der Waals surface area (Å²) in [6.07, 6.45) is 0. The minimum absolute atomic E-state index is 1.38. The first-order valence-electron chi connectivity index (χ1n) is 6.63. The van der Waals surface area contributed by atoms with Gasteiger partial charge in [0, 0.05) is 40.3 Å². The Bertz CT molecular complexity index is 1010. The van der Waals surface area contributed by atoms with Crippen LogP contribution in [0.3, 0.4) is 0 Å². The lowest BCUT2D eigenvalue weighted by molar-refractivity contribution is 1.86. The third-order valence-electron chi connectivity index (χ3n) is 3.88. The van der Waals surface area contributed by atoms with Gasteiger partial charge in [-0.15, -0.1) is 22.7 Å². The van der Waals surface area contributed by atoms with Gasteiger partial charge in [-0.1, -0.05) is 36.4 Å². The highest BCUT2D eigenvalue weighted by Gasteiger charge is 2.09. The van der Waals surface area contributed by atoms with Crippen LogP contribution in [0.2, 0.25) is 0 Å². The second-order valence-electron chi connectivity index (χ2n) is 5.04. The largest absolute Gasteiger partial charge is 0.135 e. The Kier molecular flexibility index (Phi) is 2.07. The van der Waals surface area contributed by atoms with E-state index >= 15 is 0 Å². The number of thiophene rings is 2. The van der Waals surface area contributed by atoms with Gasteiger partial charge in [0.1, 0.15) is 0 Å². The summed E-state index contributed by atoms with van der Waals surface area (Å²) in [6, 6.07) is 22.1. The zero-order valence-corrected chi connectivity index (χ0v) is 12.2. The van der Waals surface area contributed by atoms with E-state index < -0.39 is 0 Å². The summed E-state index contributed by atoms with van der Waals surface area (Å²) in [6.45, 7) is 0. The predicted octanol–water partition coefficient (Wildman–Crippen LogP) is 6.42. The van der Waals surface area contributed by atoms with Gasteiger partial charge < -0.3 is 0 Å². The molecule has 0 unspecified atom stereocenters. The molecule has 0 spiro atoms. The van der Waals surface area contributed by atoms with Gasteiger partial charge in [0.25, 0.3) is 0 Å². The summed E-state index contributed by atoms with van der Waals surface area (Å²) in [7, 11) is 0. The molecule has 0 amide bonds. The molecule has 5 rings (SSSR count). The molecule has 2 heteroatoms. The molecule has 0 fully saturated rings. The molecular formula is C18H10S2. The average molecular weight is 290 g/mol. The van der Waals surface area contributed by atoms with E-state index in [9.17, 15) is 0 Å². The maximum absolute atomic E-state index is 2.38. The number of benzene rings is 3. The van der Waals surface area contributed by atoms with Crippen LogP contribution in [0.5, 0.6) is 0 Å². The molecule has 0 saturated heterocycles. The SMILES string of the molecule is c1ccc2c(c1)sc1cc3sc4ccccc4c3cc12. The van der Waals surface area contributed by atoms with Gasteiger partial charge in [-0.25, -0.2) is 0 Å². The first-order valence-corrected chi connectivity index (χ1v) is 8.26. The number of fused-ring (bicyclic) bond motifs is 6. The van der Waals surface area contributed by atoms with E-state index in [1.807, 2.05) is 22.7 Å². The fourth-order valence-corrected chi connectivity index (χ4v) is 5.27. The van der Waals surface area contributed by atoms with Crippen LogP contribution in [0, 0.1) is 0 Å². The quantitative estimate of drug-likeness (QED) is 0.308. The highest BCUT2D eigenvalue weighted by atomic mass is 32.1. The molecule has 0 aliphatic carbocycles. The normalized spacial score (nSPS) is 12.0. The summed E-state index contributed by atoms with van der Waals surface area (Å²) >= 11 is 3.79. The van der Waals surface area contributed by atoms with Crippen LogP contribution in [-0.4, -0.2) is 0 Å². The van der Waals surface area contributed by atoms with Crippen molar-refractivity contribution in [1.29, 1.82) is 0 Å². The second-order valence-corrected chi connectivity index (χ2v) is 7.21. The van der Waals surface area contributed by atoms with E-state index in [2.05, 4.69) is 60.7 Å². The Balaban J connectivity index is 2.06. The Morgan fingerprint density at radius 1 is 0.450 bits per heavy atom. The molecule has 2 aromatic heterocycles. The fourth-order valence-electron chi connectivity index (χ4n) is 2.94. The smallest absolute Gasteiger partial charge is 0.0369 e. The Labute approximate surface area is 123 Å². The van der Waals surface area contributed by atoms with Crippen LogP contribution in [0.4, 0.5) is 0 Å². The summed E-state index contributed by atoms with van der Waals surface area (Å²) in [5.41, 5.74) is 0. The average Bonchev–Trinajstić information content (AvgIpc) is 3.02. The maximum Gasteiger partial charge on any atom is 0.0369 e. The van der Waals surface area contributed by atoms with Gasteiger partial charge in [-0.3, -0.25) is 0 Å².